The first-order valence-electron chi connectivity index (χ1n) is 20.7. The molecule has 0 saturated carbocycles. The standard InChI is InChI=1S/C47H53N4O9PS2/c1-33-31-51(46(53)49-43(33)48)44-42(57-28-27-54-2)41(60-61(50-25-11-12-26-50)63-30-29-62-45(52)34-13-7-5-8-14-34)40(59-44)32-58-47(35-15-9-6-10-16-35,36-17-21-38(55-3)22-18-36)37-19-23-39(56-4)24-20-37/h5-10,13-24,31,40,44H,11-12,25-30,32H2,1-4H3,(H2,48,49,53)/t40-,44-,61?/m1/s1. The Morgan fingerprint density at radius 3 is 2.03 bits per heavy atom. The van der Waals surface area contributed by atoms with Crippen LogP contribution in [0.3, 0.4) is 0 Å². The summed E-state index contributed by atoms with van der Waals surface area (Å²) in [4.78, 5) is 30.8. The Hall–Kier alpha value is -4.86. The minimum Gasteiger partial charge on any atom is -0.497 e. The molecule has 1 saturated heterocycles. The van der Waals surface area contributed by atoms with Crippen molar-refractivity contribution in [3.05, 3.63) is 165 Å². The molecule has 0 bridgehead atoms. The van der Waals surface area contributed by atoms with Crippen LogP contribution in [0.15, 0.2) is 132 Å². The first-order valence-corrected chi connectivity index (χ1v) is 24.5. The van der Waals surface area contributed by atoms with E-state index in [1.165, 1.54) is 16.3 Å². The molecule has 0 aliphatic carbocycles. The minimum atomic E-state index is -1.35. The second-order valence-electron chi connectivity index (χ2n) is 14.7. The molecule has 5 aromatic rings. The van der Waals surface area contributed by atoms with Crippen LogP contribution in [0, 0.1) is 6.92 Å². The highest BCUT2D eigenvalue weighted by atomic mass is 32.7. The number of nitrogen functional groups attached to an aromatic ring is 1. The van der Waals surface area contributed by atoms with Gasteiger partial charge in [0, 0.05) is 49.0 Å². The second kappa shape index (κ2) is 22.2. The van der Waals surface area contributed by atoms with Gasteiger partial charge in [-0.15, -0.1) is 0 Å². The van der Waals surface area contributed by atoms with Gasteiger partial charge < -0.3 is 38.7 Å². The number of thioether (sulfide) groups is 1. The van der Waals surface area contributed by atoms with E-state index in [9.17, 15) is 9.59 Å². The van der Waals surface area contributed by atoms with Crippen LogP contribution >= 0.6 is 30.6 Å². The van der Waals surface area contributed by atoms with E-state index in [-0.39, 0.29) is 30.8 Å². The Morgan fingerprint density at radius 1 is 0.825 bits per heavy atom. The zero-order valence-electron chi connectivity index (χ0n) is 35.8. The third-order valence-electron chi connectivity index (χ3n) is 10.7. The zero-order chi connectivity index (χ0) is 44.2. The van der Waals surface area contributed by atoms with Gasteiger partial charge in [-0.1, -0.05) is 108 Å². The normalized spacial score (nSPS) is 17.1. The Kier molecular flexibility index (Phi) is 16.2. The monoisotopic (exact) mass is 912 g/mol. The number of benzene rings is 4. The van der Waals surface area contributed by atoms with Gasteiger partial charge in [-0.3, -0.25) is 9.36 Å². The lowest BCUT2D eigenvalue weighted by Gasteiger charge is -2.37. The number of nitrogens with two attached hydrogens (primary N) is 1. The van der Waals surface area contributed by atoms with Crippen LogP contribution in [0.25, 0.3) is 0 Å². The number of rotatable bonds is 21. The third-order valence-corrected chi connectivity index (χ3v) is 15.8. The number of nitrogens with zero attached hydrogens (tertiary/aromatic N) is 3. The summed E-state index contributed by atoms with van der Waals surface area (Å²) in [6.45, 7) is 3.86. The molecule has 3 heterocycles. The lowest BCUT2D eigenvalue weighted by Crippen LogP contribution is -2.37. The molecule has 2 aliphatic rings. The van der Waals surface area contributed by atoms with Crippen LogP contribution in [0.5, 0.6) is 11.5 Å². The maximum atomic E-state index is 13.7. The van der Waals surface area contributed by atoms with Crippen LogP contribution in [-0.2, 0) is 29.1 Å². The zero-order valence-corrected chi connectivity index (χ0v) is 38.4. The SMILES string of the molecule is COCCOC1=C(OP(SCCSC(=O)c2ccccc2)N2CCCC2)[C@@H](COC(c2ccccc2)(c2ccc(OC)cc2)c2ccc(OC)cc2)O[C@H]1n1cc(C)c(N)nc1=O. The highest BCUT2D eigenvalue weighted by molar-refractivity contribution is 8.53. The topological polar surface area (TPSA) is 146 Å². The molecule has 0 radical (unpaired) electrons. The Bertz CT molecular complexity index is 2300. The summed E-state index contributed by atoms with van der Waals surface area (Å²) in [6, 6.07) is 34.9. The van der Waals surface area contributed by atoms with E-state index in [4.69, 9.17) is 38.7 Å². The van der Waals surface area contributed by atoms with Gasteiger partial charge in [0.2, 0.25) is 18.8 Å². The summed E-state index contributed by atoms with van der Waals surface area (Å²) in [7, 11) is 3.51. The number of hydrogen-bond donors (Lipinski definition) is 1. The van der Waals surface area contributed by atoms with Crippen LogP contribution in [0.2, 0.25) is 0 Å². The predicted molar refractivity (Wildman–Crippen MR) is 249 cm³/mol. The fourth-order valence-electron chi connectivity index (χ4n) is 7.39. The van der Waals surface area contributed by atoms with Crippen molar-refractivity contribution in [1.82, 2.24) is 14.2 Å². The molecule has 3 atom stereocenters. The number of aromatic nitrogens is 2. The van der Waals surface area contributed by atoms with Crippen molar-refractivity contribution in [2.24, 2.45) is 0 Å². The number of carbonyl (C=O) groups excluding carboxylic acids is 1. The molecule has 2 aliphatic heterocycles. The fourth-order valence-corrected chi connectivity index (χ4v) is 12.5. The number of hydrogen-bond acceptors (Lipinski definition) is 14. The molecular formula is C47H53N4O9PS2. The molecule has 1 fully saturated rings. The largest absolute Gasteiger partial charge is 0.497 e. The Balaban J connectivity index is 1.30. The van der Waals surface area contributed by atoms with Gasteiger partial charge in [0.05, 0.1) is 27.4 Å². The molecule has 16 heteroatoms. The average molecular weight is 913 g/mol. The van der Waals surface area contributed by atoms with Gasteiger partial charge in [-0.25, -0.2) is 9.46 Å². The van der Waals surface area contributed by atoms with E-state index in [0.717, 1.165) is 42.6 Å². The van der Waals surface area contributed by atoms with E-state index in [1.54, 1.807) is 45.8 Å². The number of aryl methyl sites for hydroxylation is 1. The lowest BCUT2D eigenvalue weighted by atomic mass is 9.80. The van der Waals surface area contributed by atoms with E-state index in [1.807, 2.05) is 109 Å². The Morgan fingerprint density at radius 2 is 1.43 bits per heavy atom. The van der Waals surface area contributed by atoms with Gasteiger partial charge in [-0.2, -0.15) is 4.98 Å². The van der Waals surface area contributed by atoms with Crippen LogP contribution < -0.4 is 20.9 Å². The fraction of sp³-hybridized carbons (Fsp3) is 0.340. The molecule has 0 amide bonds. The summed E-state index contributed by atoms with van der Waals surface area (Å²) < 4.78 is 48.3. The average Bonchev–Trinajstić information content (AvgIpc) is 3.98. The van der Waals surface area contributed by atoms with E-state index < -0.39 is 31.1 Å². The summed E-state index contributed by atoms with van der Waals surface area (Å²) >= 11 is 2.96. The van der Waals surface area contributed by atoms with Crippen molar-refractivity contribution in [3.63, 3.8) is 0 Å². The molecule has 1 aromatic heterocycles. The first kappa shape index (κ1) is 46.1. The summed E-state index contributed by atoms with van der Waals surface area (Å²) in [6.07, 6.45) is 1.73. The van der Waals surface area contributed by atoms with Gasteiger partial charge >= 0.3 is 5.69 Å². The van der Waals surface area contributed by atoms with Crippen LogP contribution in [0.1, 0.15) is 51.7 Å². The maximum absolute atomic E-state index is 13.7. The third kappa shape index (κ3) is 10.9. The summed E-state index contributed by atoms with van der Waals surface area (Å²) in [5.41, 5.74) is 8.12. The predicted octanol–water partition coefficient (Wildman–Crippen LogP) is 8.58. The van der Waals surface area contributed by atoms with Crippen LogP contribution in [0.4, 0.5) is 5.82 Å². The van der Waals surface area contributed by atoms with E-state index in [2.05, 4.69) is 9.65 Å². The van der Waals surface area contributed by atoms with Gasteiger partial charge in [0.1, 0.15) is 35.6 Å². The minimum absolute atomic E-state index is 0.0249. The van der Waals surface area contributed by atoms with Crippen molar-refractivity contribution in [2.75, 3.05) is 71.5 Å². The van der Waals surface area contributed by atoms with Crippen molar-refractivity contribution in [2.45, 2.75) is 37.7 Å². The molecule has 63 heavy (non-hydrogen) atoms. The first-order chi connectivity index (χ1) is 30.7. The maximum Gasteiger partial charge on any atom is 0.352 e. The molecule has 4 aromatic carbocycles. The number of ether oxygens (including phenoxy) is 6. The molecule has 1 unspecified atom stereocenters. The molecule has 332 valence electrons. The molecule has 2 N–H and O–H groups in total. The van der Waals surface area contributed by atoms with Gasteiger partial charge in [-0.05, 0) is 60.7 Å². The van der Waals surface area contributed by atoms with Crippen molar-refractivity contribution >= 4 is 41.6 Å². The molecule has 13 nitrogen and oxygen atoms in total. The Labute approximate surface area is 377 Å². The highest BCUT2D eigenvalue weighted by Crippen LogP contribution is 2.59. The number of methoxy groups -OCH3 is 3. The van der Waals surface area contributed by atoms with Crippen molar-refractivity contribution in [3.8, 4) is 11.5 Å². The molecule has 7 rings (SSSR count). The highest BCUT2D eigenvalue weighted by Gasteiger charge is 2.45. The van der Waals surface area contributed by atoms with Crippen molar-refractivity contribution in [1.29, 1.82) is 0 Å². The lowest BCUT2D eigenvalue weighted by molar-refractivity contribution is -0.0853. The molecule has 0 spiro atoms. The number of carbonyl (C=O) groups is 1. The van der Waals surface area contributed by atoms with E-state index in [0.29, 0.717) is 45.6 Å². The summed E-state index contributed by atoms with van der Waals surface area (Å²) in [5.74, 6) is 3.48. The summed E-state index contributed by atoms with van der Waals surface area (Å²) in [5, 5.41) is 0.0249. The van der Waals surface area contributed by atoms with Gasteiger partial charge in [0.15, 0.2) is 11.5 Å². The molecular weight excluding hydrogens is 860 g/mol. The van der Waals surface area contributed by atoms with Crippen LogP contribution in [-0.4, -0.2) is 91.2 Å². The quantitative estimate of drug-likeness (QED) is 0.0426. The second-order valence-corrected chi connectivity index (χ2v) is 19.4. The number of anilines is 1. The van der Waals surface area contributed by atoms with Crippen molar-refractivity contribution < 1.29 is 37.7 Å². The van der Waals surface area contributed by atoms with E-state index >= 15 is 0 Å². The van der Waals surface area contributed by atoms with Gasteiger partial charge in [0.25, 0.3) is 0 Å². The smallest absolute Gasteiger partial charge is 0.352 e.